The summed E-state index contributed by atoms with van der Waals surface area (Å²) in [6.07, 6.45) is 2.18. The van der Waals surface area contributed by atoms with Gasteiger partial charge < -0.3 is 10.5 Å². The van der Waals surface area contributed by atoms with Crippen molar-refractivity contribution in [3.63, 3.8) is 0 Å². The average Bonchev–Trinajstić information content (AvgIpc) is 2.28. The molecule has 1 atom stereocenters. The first-order chi connectivity index (χ1) is 8.09. The highest BCUT2D eigenvalue weighted by Crippen LogP contribution is 2.32. The van der Waals surface area contributed by atoms with Crippen LogP contribution in [0.15, 0.2) is 12.1 Å². The van der Waals surface area contributed by atoms with E-state index in [9.17, 15) is 0 Å². The summed E-state index contributed by atoms with van der Waals surface area (Å²) in [4.78, 5) is 0. The molecule has 0 spiro atoms. The van der Waals surface area contributed by atoms with Crippen LogP contribution in [0.1, 0.15) is 41.1 Å². The third-order valence-electron chi connectivity index (χ3n) is 3.85. The lowest BCUT2D eigenvalue weighted by molar-refractivity contribution is 0.0582. The van der Waals surface area contributed by atoms with Gasteiger partial charge in [0.15, 0.2) is 0 Å². The summed E-state index contributed by atoms with van der Waals surface area (Å²) in [5, 5.41) is 0. The largest absolute Gasteiger partial charge is 0.381 e. The third-order valence-corrected chi connectivity index (χ3v) is 3.85. The molecule has 1 aromatic carbocycles. The molecule has 2 rings (SSSR count). The number of hydrogen-bond acceptors (Lipinski definition) is 2. The van der Waals surface area contributed by atoms with E-state index in [1.54, 1.807) is 0 Å². The molecule has 0 radical (unpaired) electrons. The fourth-order valence-electron chi connectivity index (χ4n) is 3.03. The van der Waals surface area contributed by atoms with Crippen LogP contribution in [-0.2, 0) is 4.74 Å². The van der Waals surface area contributed by atoms with Crippen molar-refractivity contribution in [1.29, 1.82) is 0 Å². The van der Waals surface area contributed by atoms with Gasteiger partial charge in [-0.25, -0.2) is 0 Å². The first kappa shape index (κ1) is 15.5. The average molecular weight is 270 g/mol. The molecule has 18 heavy (non-hydrogen) atoms. The molecule has 1 fully saturated rings. The molecule has 2 nitrogen and oxygen atoms in total. The summed E-state index contributed by atoms with van der Waals surface area (Å²) in [7, 11) is 0. The Morgan fingerprint density at radius 3 is 2.11 bits per heavy atom. The van der Waals surface area contributed by atoms with Crippen molar-refractivity contribution in [3.05, 3.63) is 34.4 Å². The van der Waals surface area contributed by atoms with Gasteiger partial charge in [-0.05, 0) is 56.2 Å². The zero-order chi connectivity index (χ0) is 12.4. The normalized spacial score (nSPS) is 18.2. The van der Waals surface area contributed by atoms with Crippen molar-refractivity contribution in [2.75, 3.05) is 13.2 Å². The Kier molecular flexibility index (Phi) is 5.64. The Hall–Kier alpha value is -0.570. The number of benzene rings is 1. The molecule has 102 valence electrons. The van der Waals surface area contributed by atoms with E-state index in [0.29, 0.717) is 5.92 Å². The lowest BCUT2D eigenvalue weighted by Gasteiger charge is -2.30. The molecular formula is C15H24ClNO. The van der Waals surface area contributed by atoms with Crippen LogP contribution in [-0.4, -0.2) is 13.2 Å². The van der Waals surface area contributed by atoms with Crippen LogP contribution in [0.25, 0.3) is 0 Å². The van der Waals surface area contributed by atoms with Gasteiger partial charge in [0.05, 0.1) is 0 Å². The van der Waals surface area contributed by atoms with Crippen LogP contribution in [0.5, 0.6) is 0 Å². The molecule has 0 amide bonds. The van der Waals surface area contributed by atoms with Gasteiger partial charge in [0.2, 0.25) is 0 Å². The van der Waals surface area contributed by atoms with Gasteiger partial charge in [0.1, 0.15) is 0 Å². The van der Waals surface area contributed by atoms with Gasteiger partial charge in [-0.2, -0.15) is 0 Å². The van der Waals surface area contributed by atoms with E-state index in [-0.39, 0.29) is 18.4 Å². The van der Waals surface area contributed by atoms with Crippen molar-refractivity contribution >= 4 is 12.4 Å². The molecule has 1 aliphatic rings. The van der Waals surface area contributed by atoms with Gasteiger partial charge in [-0.3, -0.25) is 0 Å². The first-order valence-electron chi connectivity index (χ1n) is 6.50. The number of aryl methyl sites for hydroxylation is 3. The van der Waals surface area contributed by atoms with Crippen molar-refractivity contribution in [2.24, 2.45) is 11.7 Å². The summed E-state index contributed by atoms with van der Waals surface area (Å²) >= 11 is 0. The number of rotatable bonds is 2. The van der Waals surface area contributed by atoms with Crippen molar-refractivity contribution < 1.29 is 4.74 Å². The molecule has 1 aliphatic heterocycles. The van der Waals surface area contributed by atoms with E-state index >= 15 is 0 Å². The van der Waals surface area contributed by atoms with Crippen LogP contribution >= 0.6 is 12.4 Å². The minimum absolute atomic E-state index is 0. The number of nitrogens with two attached hydrogens (primary N) is 1. The molecule has 1 heterocycles. The molecule has 0 aromatic heterocycles. The van der Waals surface area contributed by atoms with E-state index in [1.165, 1.54) is 22.3 Å². The van der Waals surface area contributed by atoms with E-state index in [0.717, 1.165) is 26.1 Å². The Morgan fingerprint density at radius 1 is 1.11 bits per heavy atom. The SMILES string of the molecule is Cc1cc(C)c([C@@H](N)C2CCOCC2)c(C)c1.Cl. The van der Waals surface area contributed by atoms with Gasteiger partial charge in [0, 0.05) is 19.3 Å². The monoisotopic (exact) mass is 269 g/mol. The fraction of sp³-hybridized carbons (Fsp3) is 0.600. The summed E-state index contributed by atoms with van der Waals surface area (Å²) in [6.45, 7) is 8.22. The lowest BCUT2D eigenvalue weighted by atomic mass is 9.83. The van der Waals surface area contributed by atoms with Crippen molar-refractivity contribution in [1.82, 2.24) is 0 Å². The minimum atomic E-state index is 0. The summed E-state index contributed by atoms with van der Waals surface area (Å²) in [5.41, 5.74) is 11.8. The zero-order valence-corrected chi connectivity index (χ0v) is 12.3. The highest BCUT2D eigenvalue weighted by atomic mass is 35.5. The fourth-order valence-corrected chi connectivity index (χ4v) is 3.03. The molecule has 2 N–H and O–H groups in total. The van der Waals surface area contributed by atoms with E-state index in [4.69, 9.17) is 10.5 Å². The van der Waals surface area contributed by atoms with Crippen LogP contribution in [0, 0.1) is 26.7 Å². The molecule has 1 aromatic rings. The van der Waals surface area contributed by atoms with Gasteiger partial charge >= 0.3 is 0 Å². The second kappa shape index (κ2) is 6.55. The smallest absolute Gasteiger partial charge is 0.0469 e. The van der Waals surface area contributed by atoms with Crippen molar-refractivity contribution in [2.45, 2.75) is 39.7 Å². The molecule has 1 saturated heterocycles. The Balaban J connectivity index is 0.00000162. The topological polar surface area (TPSA) is 35.2 Å². The highest BCUT2D eigenvalue weighted by molar-refractivity contribution is 5.85. The Bertz CT molecular complexity index is 376. The van der Waals surface area contributed by atoms with Crippen LogP contribution in [0.3, 0.4) is 0 Å². The quantitative estimate of drug-likeness (QED) is 0.892. The summed E-state index contributed by atoms with van der Waals surface area (Å²) < 4.78 is 5.41. The third kappa shape index (κ3) is 3.25. The van der Waals surface area contributed by atoms with E-state index in [2.05, 4.69) is 32.9 Å². The van der Waals surface area contributed by atoms with Gasteiger partial charge in [-0.15, -0.1) is 12.4 Å². The minimum Gasteiger partial charge on any atom is -0.381 e. The molecule has 0 bridgehead atoms. The van der Waals surface area contributed by atoms with E-state index < -0.39 is 0 Å². The Morgan fingerprint density at radius 2 is 1.61 bits per heavy atom. The maximum Gasteiger partial charge on any atom is 0.0469 e. The van der Waals surface area contributed by atoms with Gasteiger partial charge in [0.25, 0.3) is 0 Å². The molecule has 0 aliphatic carbocycles. The first-order valence-corrected chi connectivity index (χ1v) is 6.50. The van der Waals surface area contributed by atoms with E-state index in [1.807, 2.05) is 0 Å². The zero-order valence-electron chi connectivity index (χ0n) is 11.5. The number of halogens is 1. The maximum absolute atomic E-state index is 6.47. The maximum atomic E-state index is 6.47. The summed E-state index contributed by atoms with van der Waals surface area (Å²) in [6, 6.07) is 4.64. The molecule has 0 unspecified atom stereocenters. The highest BCUT2D eigenvalue weighted by Gasteiger charge is 2.24. The van der Waals surface area contributed by atoms with Crippen LogP contribution < -0.4 is 5.73 Å². The number of ether oxygens (including phenoxy) is 1. The lowest BCUT2D eigenvalue weighted by Crippen LogP contribution is -2.28. The second-order valence-electron chi connectivity index (χ2n) is 5.29. The van der Waals surface area contributed by atoms with Crippen LogP contribution in [0.2, 0.25) is 0 Å². The standard InChI is InChI=1S/C15H23NO.ClH/c1-10-8-11(2)14(12(3)9-10)15(16)13-4-6-17-7-5-13;/h8-9,13,15H,4-7,16H2,1-3H3;1H/t15-;/m0./s1. The Labute approximate surface area is 116 Å². The number of hydrogen-bond donors (Lipinski definition) is 1. The predicted molar refractivity (Wildman–Crippen MR) is 78.4 cm³/mol. The molecular weight excluding hydrogens is 246 g/mol. The molecule has 0 saturated carbocycles. The van der Waals surface area contributed by atoms with Gasteiger partial charge in [-0.1, -0.05) is 17.7 Å². The second-order valence-corrected chi connectivity index (χ2v) is 5.29. The predicted octanol–water partition coefficient (Wildman–Crippen LogP) is 3.46. The van der Waals surface area contributed by atoms with Crippen LogP contribution in [0.4, 0.5) is 0 Å². The molecule has 3 heteroatoms. The summed E-state index contributed by atoms with van der Waals surface area (Å²) in [5.74, 6) is 0.573. The van der Waals surface area contributed by atoms with Crippen molar-refractivity contribution in [3.8, 4) is 0 Å².